The van der Waals surface area contributed by atoms with Gasteiger partial charge in [-0.05, 0) is 19.2 Å². The number of nitrogens with one attached hydrogen (secondary N) is 1. The maximum Gasteiger partial charge on any atom is 0.260 e. The monoisotopic (exact) mass is 434 g/mol. The highest BCUT2D eigenvalue weighted by atomic mass is 32.1. The Morgan fingerprint density at radius 1 is 1.26 bits per heavy atom. The molecule has 1 saturated heterocycles. The van der Waals surface area contributed by atoms with Crippen molar-refractivity contribution in [1.82, 2.24) is 9.88 Å². The summed E-state index contributed by atoms with van der Waals surface area (Å²) in [6, 6.07) is 9.66. The van der Waals surface area contributed by atoms with Crippen molar-refractivity contribution in [2.24, 2.45) is 5.73 Å². The standard InChI is InChI=1S/C22H22N6O2S/c1-27-6-8-28(9-7-27)21-13(11-23)16(15-10-12-4-2-3-5-14(12)30-15)17-18(24)19(20(25)29)31-22(17)26-21/h2-5,10-11,23H,6-9,24H2,1H3,(H2,25,29). The molecule has 5 rings (SSSR count). The number of thiophene rings is 1. The minimum atomic E-state index is -0.589. The first-order valence-corrected chi connectivity index (χ1v) is 10.8. The van der Waals surface area contributed by atoms with E-state index in [4.69, 9.17) is 26.3 Å². The molecule has 1 amide bonds. The fourth-order valence-corrected chi connectivity index (χ4v) is 5.05. The number of carbonyl (C=O) groups is 1. The van der Waals surface area contributed by atoms with Gasteiger partial charge in [0, 0.05) is 54.3 Å². The quantitative estimate of drug-likeness (QED) is 0.424. The van der Waals surface area contributed by atoms with Crippen LogP contribution in [-0.4, -0.2) is 55.2 Å². The third-order valence-corrected chi connectivity index (χ3v) is 6.85. The summed E-state index contributed by atoms with van der Waals surface area (Å²) in [5, 5.41) is 9.79. The summed E-state index contributed by atoms with van der Waals surface area (Å²) in [6.07, 6.45) is 1.30. The highest BCUT2D eigenvalue weighted by Gasteiger charge is 2.28. The number of para-hydroxylation sites is 1. The lowest BCUT2D eigenvalue weighted by Gasteiger charge is -2.34. The number of piperazine rings is 1. The van der Waals surface area contributed by atoms with Crippen molar-refractivity contribution in [3.8, 4) is 11.3 Å². The number of amides is 1. The second-order valence-corrected chi connectivity index (χ2v) is 8.70. The number of nitrogen functional groups attached to an aromatic ring is 1. The third-order valence-electron chi connectivity index (χ3n) is 5.74. The van der Waals surface area contributed by atoms with Crippen LogP contribution < -0.4 is 16.4 Å². The first-order valence-electron chi connectivity index (χ1n) is 9.96. The molecule has 8 nitrogen and oxygen atoms in total. The van der Waals surface area contributed by atoms with Gasteiger partial charge in [-0.25, -0.2) is 4.98 Å². The van der Waals surface area contributed by atoms with Crippen LogP contribution in [0.4, 0.5) is 11.5 Å². The number of benzene rings is 1. The van der Waals surface area contributed by atoms with Crippen molar-refractivity contribution >= 4 is 56.1 Å². The molecule has 158 valence electrons. The number of pyridine rings is 1. The van der Waals surface area contributed by atoms with Crippen molar-refractivity contribution in [1.29, 1.82) is 5.41 Å². The molecule has 1 aliphatic heterocycles. The molecular formula is C22H22N6O2S. The summed E-state index contributed by atoms with van der Waals surface area (Å²) >= 11 is 1.18. The predicted octanol–water partition coefficient (Wildman–Crippen LogP) is 3.14. The van der Waals surface area contributed by atoms with E-state index in [1.54, 1.807) is 0 Å². The van der Waals surface area contributed by atoms with Crippen LogP contribution in [0.2, 0.25) is 0 Å². The Morgan fingerprint density at radius 3 is 2.68 bits per heavy atom. The number of fused-ring (bicyclic) bond motifs is 2. The maximum absolute atomic E-state index is 12.0. The van der Waals surface area contributed by atoms with E-state index in [0.29, 0.717) is 32.9 Å². The van der Waals surface area contributed by atoms with Crippen LogP contribution in [0.3, 0.4) is 0 Å². The summed E-state index contributed by atoms with van der Waals surface area (Å²) < 4.78 is 6.16. The molecule has 1 fully saturated rings. The first-order chi connectivity index (χ1) is 15.0. The van der Waals surface area contributed by atoms with E-state index < -0.39 is 5.91 Å². The minimum absolute atomic E-state index is 0.270. The number of primary amides is 1. The summed E-state index contributed by atoms with van der Waals surface area (Å²) in [5.41, 5.74) is 14.3. The molecular weight excluding hydrogens is 412 g/mol. The van der Waals surface area contributed by atoms with Crippen molar-refractivity contribution in [2.45, 2.75) is 0 Å². The molecule has 0 spiro atoms. The van der Waals surface area contributed by atoms with Crippen LogP contribution in [0.15, 0.2) is 34.7 Å². The fraction of sp³-hybridized carbons (Fsp3) is 0.227. The second kappa shape index (κ2) is 7.36. The van der Waals surface area contributed by atoms with Gasteiger partial charge in [-0.3, -0.25) is 4.79 Å². The van der Waals surface area contributed by atoms with Crippen LogP contribution in [-0.2, 0) is 0 Å². The maximum atomic E-state index is 12.0. The Bertz CT molecular complexity index is 1300. The zero-order valence-corrected chi connectivity index (χ0v) is 17.8. The topological polar surface area (TPSA) is 125 Å². The Kier molecular flexibility index (Phi) is 4.64. The number of nitrogens with zero attached hydrogens (tertiary/aromatic N) is 3. The SMILES string of the molecule is CN1CCN(c2nc3sc(C(N)=O)c(N)c3c(-c3cc4ccccc4o3)c2C=N)CC1. The largest absolute Gasteiger partial charge is 0.456 e. The molecule has 0 aliphatic carbocycles. The molecule has 31 heavy (non-hydrogen) atoms. The molecule has 0 saturated carbocycles. The number of carbonyl (C=O) groups excluding carboxylic acids is 1. The highest BCUT2D eigenvalue weighted by Crippen LogP contribution is 2.44. The van der Waals surface area contributed by atoms with E-state index in [1.165, 1.54) is 17.6 Å². The molecule has 0 atom stereocenters. The number of hydrogen-bond donors (Lipinski definition) is 3. The lowest BCUT2D eigenvalue weighted by Crippen LogP contribution is -2.45. The van der Waals surface area contributed by atoms with E-state index in [1.807, 2.05) is 30.3 Å². The van der Waals surface area contributed by atoms with E-state index in [0.717, 1.165) is 37.1 Å². The highest BCUT2D eigenvalue weighted by molar-refractivity contribution is 7.21. The number of aromatic nitrogens is 1. The summed E-state index contributed by atoms with van der Waals surface area (Å²) in [5.74, 6) is 0.694. The van der Waals surface area contributed by atoms with E-state index in [9.17, 15) is 4.79 Å². The fourth-order valence-electron chi connectivity index (χ4n) is 4.09. The first kappa shape index (κ1) is 19.5. The predicted molar refractivity (Wildman–Crippen MR) is 125 cm³/mol. The average Bonchev–Trinajstić information content (AvgIpc) is 3.34. The number of likely N-dealkylation sites (N-methyl/N-ethyl adjacent to an activating group) is 1. The van der Waals surface area contributed by atoms with E-state index >= 15 is 0 Å². The van der Waals surface area contributed by atoms with Gasteiger partial charge < -0.3 is 31.1 Å². The number of hydrogen-bond acceptors (Lipinski definition) is 8. The molecule has 3 aromatic heterocycles. The van der Waals surface area contributed by atoms with Gasteiger partial charge in [-0.1, -0.05) is 18.2 Å². The molecule has 4 heterocycles. The van der Waals surface area contributed by atoms with Gasteiger partial charge in [0.2, 0.25) is 0 Å². The Hall–Kier alpha value is -3.43. The lowest BCUT2D eigenvalue weighted by atomic mass is 10.0. The van der Waals surface area contributed by atoms with Gasteiger partial charge in [-0.15, -0.1) is 11.3 Å². The van der Waals surface area contributed by atoms with Gasteiger partial charge >= 0.3 is 0 Å². The van der Waals surface area contributed by atoms with Crippen LogP contribution >= 0.6 is 11.3 Å². The number of rotatable bonds is 4. The van der Waals surface area contributed by atoms with Crippen LogP contribution in [0, 0.1) is 5.41 Å². The lowest BCUT2D eigenvalue weighted by molar-refractivity contribution is 0.100. The van der Waals surface area contributed by atoms with Crippen LogP contribution in [0.25, 0.3) is 32.5 Å². The van der Waals surface area contributed by atoms with E-state index in [2.05, 4.69) is 16.8 Å². The Labute approximate surface area is 182 Å². The second-order valence-electron chi connectivity index (χ2n) is 7.70. The molecule has 1 aromatic carbocycles. The van der Waals surface area contributed by atoms with Crippen molar-refractivity contribution in [3.05, 3.63) is 40.8 Å². The smallest absolute Gasteiger partial charge is 0.260 e. The minimum Gasteiger partial charge on any atom is -0.456 e. The normalized spacial score (nSPS) is 15.1. The Morgan fingerprint density at radius 2 is 2.00 bits per heavy atom. The summed E-state index contributed by atoms with van der Waals surface area (Å²) in [7, 11) is 2.09. The molecule has 0 bridgehead atoms. The van der Waals surface area contributed by atoms with Crippen molar-refractivity contribution < 1.29 is 9.21 Å². The molecule has 4 aromatic rings. The molecule has 5 N–H and O–H groups in total. The average molecular weight is 435 g/mol. The van der Waals surface area contributed by atoms with Gasteiger partial charge in [0.05, 0.1) is 5.69 Å². The van der Waals surface area contributed by atoms with Crippen molar-refractivity contribution in [3.63, 3.8) is 0 Å². The van der Waals surface area contributed by atoms with Crippen LogP contribution in [0.1, 0.15) is 15.2 Å². The van der Waals surface area contributed by atoms with Gasteiger partial charge in [0.15, 0.2) is 0 Å². The Balaban J connectivity index is 1.83. The zero-order valence-electron chi connectivity index (χ0n) is 17.0. The molecule has 1 aliphatic rings. The molecule has 0 radical (unpaired) electrons. The third kappa shape index (κ3) is 3.13. The van der Waals surface area contributed by atoms with Gasteiger partial charge in [0.25, 0.3) is 5.91 Å². The van der Waals surface area contributed by atoms with E-state index in [-0.39, 0.29) is 10.6 Å². The summed E-state index contributed by atoms with van der Waals surface area (Å²) in [6.45, 7) is 3.38. The molecule has 9 heteroatoms. The number of furan rings is 1. The van der Waals surface area contributed by atoms with Gasteiger partial charge in [0.1, 0.15) is 26.9 Å². The number of nitrogens with two attached hydrogens (primary N) is 2. The number of anilines is 2. The molecule has 0 unspecified atom stereocenters. The zero-order chi connectivity index (χ0) is 21.7. The summed E-state index contributed by atoms with van der Waals surface area (Å²) in [4.78, 5) is 22.2. The van der Waals surface area contributed by atoms with Gasteiger partial charge in [-0.2, -0.15) is 0 Å². The van der Waals surface area contributed by atoms with Crippen LogP contribution in [0.5, 0.6) is 0 Å². The van der Waals surface area contributed by atoms with Crippen molar-refractivity contribution in [2.75, 3.05) is 43.9 Å².